The first-order chi connectivity index (χ1) is 56.3. The van der Waals surface area contributed by atoms with Crippen molar-refractivity contribution >= 4 is 108 Å². The number of aryl methyl sites for hydroxylation is 6. The molecule has 4 atom stereocenters. The third-order valence-corrected chi connectivity index (χ3v) is 21.6. The predicted octanol–water partition coefficient (Wildman–Crippen LogP) is 11.9. The van der Waals surface area contributed by atoms with Crippen LogP contribution in [0.1, 0.15) is 115 Å². The minimum atomic E-state index is -0.879. The van der Waals surface area contributed by atoms with Crippen LogP contribution in [-0.4, -0.2) is 99.2 Å². The summed E-state index contributed by atoms with van der Waals surface area (Å²) in [6.45, 7) is 15.4. The molecule has 17 rings (SSSR count). The van der Waals surface area contributed by atoms with Gasteiger partial charge < -0.3 is 37.0 Å². The summed E-state index contributed by atoms with van der Waals surface area (Å²) in [4.78, 5) is 140. The number of nitrogens with one attached hydrogen (secondary N) is 5. The molecule has 6 N–H and O–H groups in total. The third kappa shape index (κ3) is 18.6. The second kappa shape index (κ2) is 38.0. The molecule has 0 bridgehead atoms. The SMILES string of the molecule is C=C1CC(=O)C2c3c([n-]c4ccccc34)-c3ncc(C)cc3C12.CC1Nc2nc(NC(=O)c3ccc[n+](C)c3)[nH]c(=O)c2N(C(=O)c2ccc[n+](C)c2)C1C.CCCSc1nc2c(c(=O)n(Cc3ccccc3)c(=O)n2C)n1Cc1ccccc1.Cc1ccc(Cn2c(=S)[nH]c3c2c(=O)[nH]c(=O)n3C)cc1.O=C(O)c1ccccc1.[CH3-].[Cl][Ru+2]. The molecule has 3 aliphatic rings. The number of hydrogen-bond donors (Lipinski definition) is 6. The molecule has 14 aromatic rings. The van der Waals surface area contributed by atoms with Crippen molar-refractivity contribution in [3.8, 4) is 11.4 Å². The first kappa shape index (κ1) is 86.2. The molecule has 5 aromatic carbocycles. The molecule has 27 nitrogen and oxygen atoms in total. The molecule has 1 aliphatic heterocycles. The maximum atomic E-state index is 13.5. The number of amides is 2. The number of Topliss-reactive ketones (excluding diaryl/α,β-unsaturated/α-hetero) is 1. The Kier molecular flexibility index (Phi) is 27.8. The summed E-state index contributed by atoms with van der Waals surface area (Å²) in [6, 6.07) is 52.5. The van der Waals surface area contributed by atoms with E-state index in [1.54, 1.807) is 120 Å². The van der Waals surface area contributed by atoms with Crippen LogP contribution in [0.5, 0.6) is 0 Å². The first-order valence-electron chi connectivity index (χ1n) is 37.3. The quantitative estimate of drug-likeness (QED) is 0.0156. The molecule has 1 saturated carbocycles. The topological polar surface area (TPSA) is 334 Å². The summed E-state index contributed by atoms with van der Waals surface area (Å²) >= 11 is 8.72. The van der Waals surface area contributed by atoms with Gasteiger partial charge in [-0.1, -0.05) is 170 Å². The fraction of sp³-hybridized carbons (Fsp3) is 0.218. The number of halogens is 1. The number of aromatic amines is 3. The van der Waals surface area contributed by atoms with E-state index in [1.165, 1.54) is 24.2 Å². The van der Waals surface area contributed by atoms with Crippen LogP contribution in [0.2, 0.25) is 0 Å². The van der Waals surface area contributed by atoms with E-state index < -0.39 is 28.7 Å². The number of fused-ring (bicyclic) bond motifs is 11. The van der Waals surface area contributed by atoms with Gasteiger partial charge in [0.05, 0.1) is 42.9 Å². The van der Waals surface area contributed by atoms with E-state index in [9.17, 15) is 43.2 Å². The number of para-hydroxylation sites is 1. The Bertz CT molecular complexity index is 6500. The summed E-state index contributed by atoms with van der Waals surface area (Å²) in [6.07, 6.45) is 10.3. The second-order valence-corrected chi connectivity index (χ2v) is 29.9. The number of nitrogens with zero attached hydrogens (tertiary/aromatic N) is 12. The van der Waals surface area contributed by atoms with Gasteiger partial charge in [0, 0.05) is 56.6 Å². The summed E-state index contributed by atoms with van der Waals surface area (Å²) in [5.74, 6) is -0.312. The Balaban J connectivity index is 0.000000149. The number of ketones is 1. The van der Waals surface area contributed by atoms with Gasteiger partial charge in [-0.25, -0.2) is 28.5 Å². The van der Waals surface area contributed by atoms with Crippen LogP contribution in [-0.2, 0) is 69.9 Å². The molecule has 0 spiro atoms. The Hall–Kier alpha value is -12.6. The molecular formula is C87H87ClN17O10RuS2+2. The monoisotopic (exact) mass is 1730 g/mol. The van der Waals surface area contributed by atoms with Crippen molar-refractivity contribution in [2.24, 2.45) is 28.2 Å². The number of anilines is 3. The Labute approximate surface area is 701 Å². The fourth-order valence-electron chi connectivity index (χ4n) is 14.2. The van der Waals surface area contributed by atoms with Gasteiger partial charge in [0.15, 0.2) is 62.9 Å². The van der Waals surface area contributed by atoms with E-state index in [0.29, 0.717) is 63.3 Å². The number of thioether (sulfide) groups is 1. The number of carboxylic acid groups (broad SMARTS) is 1. The molecular weight excluding hydrogens is 1640 g/mol. The zero-order valence-corrected chi connectivity index (χ0v) is 70.5. The van der Waals surface area contributed by atoms with Gasteiger partial charge in [-0.2, -0.15) is 4.98 Å². The Morgan fingerprint density at radius 1 is 0.695 bits per heavy atom. The van der Waals surface area contributed by atoms with Crippen LogP contribution < -0.4 is 57.7 Å². The molecule has 0 radical (unpaired) electrons. The number of rotatable bonds is 13. The standard InChI is InChI=1S/C23H24N4O2S.C22H23N7O3.C20H15N2O.C14H14N4O2S.C7H6O2.CH3.ClH.Ru/c1-3-14-30-22-24-20-19(26(22)15-17-10-6-4-7-11-17)21(28)27(23(29)25(20)2)16-18-12-8-5-9-13-18;1-13-14(2)29(21(32)16-8-6-10-28(4)12-16)17-18(23-13)24-22(26-20(17)31)25-19(30)15-7-5-9-27(3)11-15;1-10-7-13-16-11(2)8-15(23)18(16)17-12-5-3-4-6-14(12)22-20(17)19(13)21-9-10;1-8-3-5-9(6-4-8)7-18-10-11(15-14(18)21)17(2)13(20)16-12(10)19;8-7(9)6-4-2-1-3-5-6;;;/h4-13H,3,14-16H2,1-2H3;5-14H,1-4H3,(H-2,23,24,25,26,30,31);3-7,9,16,18H,2,8H2,1H3;3-6H,7H2,1-2H3,(H,15,21)(H,16,19,20);1-5H,(H,8,9);1H3;1H;/q;;-1;;;-1;;+3/p+1. The van der Waals surface area contributed by atoms with Gasteiger partial charge >= 0.3 is 44.4 Å². The fourth-order valence-corrected chi connectivity index (χ4v) is 15.3. The van der Waals surface area contributed by atoms with Crippen LogP contribution in [0.3, 0.4) is 0 Å². The summed E-state index contributed by atoms with van der Waals surface area (Å²) in [5.41, 5.74) is 12.2. The maximum absolute atomic E-state index is 13.5. The normalized spacial score (nSPS) is 14.6. The molecule has 2 amide bonds. The van der Waals surface area contributed by atoms with Gasteiger partial charge in [0.2, 0.25) is 5.95 Å². The number of pyridine rings is 3. The average molecular weight is 1730 g/mol. The summed E-state index contributed by atoms with van der Waals surface area (Å²) < 4.78 is 11.7. The molecule has 0 saturated heterocycles. The predicted molar refractivity (Wildman–Crippen MR) is 457 cm³/mol. The van der Waals surface area contributed by atoms with Crippen LogP contribution in [0.4, 0.5) is 17.5 Å². The molecule has 4 unspecified atom stereocenters. The van der Waals surface area contributed by atoms with Crippen molar-refractivity contribution in [2.75, 3.05) is 21.3 Å². The molecule has 10 heterocycles. The van der Waals surface area contributed by atoms with Gasteiger partial charge in [-0.15, -0.1) is 11.2 Å². The van der Waals surface area contributed by atoms with Crippen LogP contribution in [0, 0.1) is 26.0 Å². The molecule has 9 aromatic heterocycles. The van der Waals surface area contributed by atoms with E-state index in [-0.39, 0.29) is 78.3 Å². The number of aromatic carboxylic acids is 1. The Morgan fingerprint density at radius 3 is 1.91 bits per heavy atom. The first-order valence-corrected chi connectivity index (χ1v) is 40.9. The van der Waals surface area contributed by atoms with E-state index in [0.717, 1.165) is 78.6 Å². The summed E-state index contributed by atoms with van der Waals surface area (Å²) in [5, 5.41) is 16.0. The number of benzene rings is 5. The van der Waals surface area contributed by atoms with Crippen molar-refractivity contribution in [2.45, 2.75) is 96.2 Å². The van der Waals surface area contributed by atoms with Gasteiger partial charge in [-0.05, 0) is 109 Å². The van der Waals surface area contributed by atoms with Gasteiger partial charge in [0.25, 0.3) is 28.5 Å². The second-order valence-electron chi connectivity index (χ2n) is 28.4. The molecule has 1 fully saturated rings. The molecule has 118 heavy (non-hydrogen) atoms. The van der Waals surface area contributed by atoms with Crippen LogP contribution >= 0.6 is 33.7 Å². The number of hydrogen-bond acceptors (Lipinski definition) is 15. The van der Waals surface area contributed by atoms with Crippen molar-refractivity contribution < 1.29 is 50.7 Å². The number of imidazole rings is 2. The van der Waals surface area contributed by atoms with Crippen LogP contribution in [0.25, 0.3) is 44.6 Å². The van der Waals surface area contributed by atoms with Crippen molar-refractivity contribution in [1.82, 2.24) is 57.7 Å². The van der Waals surface area contributed by atoms with Crippen LogP contribution in [0.15, 0.2) is 242 Å². The number of carbonyl (C=O) groups excluding carboxylic acids is 3. The van der Waals surface area contributed by atoms with E-state index >= 15 is 0 Å². The number of aromatic nitrogens is 14. The summed E-state index contributed by atoms with van der Waals surface area (Å²) in [7, 11) is 11.5. The van der Waals surface area contributed by atoms with Crippen molar-refractivity contribution in [1.29, 1.82) is 0 Å². The molecule has 605 valence electrons. The average Bonchev–Trinajstić information content (AvgIpc) is 1.55. The number of allylic oxidation sites excluding steroid dienone is 1. The molecule has 2 aliphatic carbocycles. The van der Waals surface area contributed by atoms with Crippen molar-refractivity contribution in [3.05, 3.63) is 333 Å². The minimum absolute atomic E-state index is 0. The van der Waals surface area contributed by atoms with Gasteiger partial charge in [-0.3, -0.25) is 67.6 Å². The number of carboxylic acids is 1. The van der Waals surface area contributed by atoms with Crippen molar-refractivity contribution in [3.63, 3.8) is 0 Å². The Morgan fingerprint density at radius 2 is 1.28 bits per heavy atom. The van der Waals surface area contributed by atoms with E-state index in [1.807, 2.05) is 172 Å². The third-order valence-electron chi connectivity index (χ3n) is 20.1. The van der Waals surface area contributed by atoms with E-state index in [4.69, 9.17) is 27.3 Å². The molecule has 31 heteroatoms. The van der Waals surface area contributed by atoms with Gasteiger partial charge in [0.1, 0.15) is 36.7 Å². The zero-order chi connectivity index (χ0) is 83.6. The van der Waals surface area contributed by atoms with E-state index in [2.05, 4.69) is 70.9 Å². The zero-order valence-electron chi connectivity index (χ0n) is 66.3. The number of H-pyrrole nitrogens is 3. The number of carbonyl (C=O) groups is 4.